The Balaban J connectivity index is 1.41. The maximum atomic E-state index is 12.5. The molecule has 0 aliphatic carbocycles. The zero-order valence-corrected chi connectivity index (χ0v) is 15.4. The van der Waals surface area contributed by atoms with Crippen molar-refractivity contribution in [3.8, 4) is 0 Å². The van der Waals surface area contributed by atoms with Crippen molar-refractivity contribution in [3.63, 3.8) is 0 Å². The quantitative estimate of drug-likeness (QED) is 0.834. The number of benzene rings is 1. The van der Waals surface area contributed by atoms with E-state index < -0.39 is 6.04 Å². The molecule has 0 unspecified atom stereocenters. The fourth-order valence-electron chi connectivity index (χ4n) is 3.32. The minimum Gasteiger partial charge on any atom is -0.353 e. The highest BCUT2D eigenvalue weighted by Gasteiger charge is 2.30. The van der Waals surface area contributed by atoms with Crippen LogP contribution in [0.5, 0.6) is 0 Å². The van der Waals surface area contributed by atoms with Crippen LogP contribution in [-0.4, -0.2) is 59.9 Å². The first-order chi connectivity index (χ1) is 13.7. The Bertz CT molecular complexity index is 863. The zero-order chi connectivity index (χ0) is 19.3. The summed E-state index contributed by atoms with van der Waals surface area (Å²) in [6, 6.07) is 14.3. The molecule has 0 saturated carbocycles. The van der Waals surface area contributed by atoms with Gasteiger partial charge in [-0.15, -0.1) is 0 Å². The van der Waals surface area contributed by atoms with Crippen molar-refractivity contribution in [1.29, 1.82) is 0 Å². The summed E-state index contributed by atoms with van der Waals surface area (Å²) in [5.74, 6) is 0.957. The molecule has 2 amide bonds. The van der Waals surface area contributed by atoms with Crippen molar-refractivity contribution in [1.82, 2.24) is 15.2 Å². The van der Waals surface area contributed by atoms with Gasteiger partial charge in [0.25, 0.3) is 0 Å². The monoisotopic (exact) mass is 378 g/mol. The molecule has 3 heterocycles. The molecular weight excluding hydrogens is 356 g/mol. The van der Waals surface area contributed by atoms with E-state index in [1.54, 1.807) is 6.20 Å². The Labute approximate surface area is 163 Å². The third-order valence-corrected chi connectivity index (χ3v) is 4.80. The van der Waals surface area contributed by atoms with Crippen LogP contribution >= 0.6 is 0 Å². The summed E-state index contributed by atoms with van der Waals surface area (Å²) in [7, 11) is 0. The number of nitrogens with zero attached hydrogens (tertiary/aromatic N) is 4. The molecule has 144 valence electrons. The molecule has 1 fully saturated rings. The van der Waals surface area contributed by atoms with Crippen molar-refractivity contribution in [2.24, 2.45) is 4.99 Å². The molecule has 2 N–H and O–H groups in total. The van der Waals surface area contributed by atoms with E-state index in [9.17, 15) is 9.59 Å². The molecular formula is C20H22N6O2. The van der Waals surface area contributed by atoms with Gasteiger partial charge in [0.1, 0.15) is 11.9 Å². The summed E-state index contributed by atoms with van der Waals surface area (Å²) in [6.07, 6.45) is 1.83. The van der Waals surface area contributed by atoms with Crippen molar-refractivity contribution in [2.75, 3.05) is 36.4 Å². The number of piperazine rings is 1. The predicted octanol–water partition coefficient (Wildman–Crippen LogP) is 1.09. The number of rotatable bonds is 3. The van der Waals surface area contributed by atoms with Gasteiger partial charge in [0.15, 0.2) is 0 Å². The molecule has 1 saturated heterocycles. The molecule has 2 aliphatic rings. The van der Waals surface area contributed by atoms with Gasteiger partial charge in [-0.1, -0.05) is 24.3 Å². The SMILES string of the molecule is O=C1C[C@@H](C(=O)Nc2ccccc2)N=C(N2CCN(c3ccccn3)CC2)N1. The number of pyridine rings is 1. The molecule has 8 nitrogen and oxygen atoms in total. The van der Waals surface area contributed by atoms with E-state index in [0.29, 0.717) is 24.7 Å². The Kier molecular flexibility index (Phi) is 5.18. The number of hydrogen-bond acceptors (Lipinski definition) is 6. The van der Waals surface area contributed by atoms with Gasteiger partial charge in [-0.05, 0) is 24.3 Å². The molecule has 8 heteroatoms. The van der Waals surface area contributed by atoms with Crippen LogP contribution in [0.4, 0.5) is 11.5 Å². The van der Waals surface area contributed by atoms with Crippen molar-refractivity contribution >= 4 is 29.3 Å². The van der Waals surface area contributed by atoms with Crippen LogP contribution in [-0.2, 0) is 9.59 Å². The van der Waals surface area contributed by atoms with Gasteiger partial charge in [0, 0.05) is 38.1 Å². The van der Waals surface area contributed by atoms with Gasteiger partial charge in [0.05, 0.1) is 6.42 Å². The second-order valence-electron chi connectivity index (χ2n) is 6.74. The Morgan fingerprint density at radius 2 is 1.71 bits per heavy atom. The first kappa shape index (κ1) is 18.0. The van der Waals surface area contributed by atoms with E-state index in [4.69, 9.17) is 0 Å². The standard InChI is InChI=1S/C20H22N6O2/c27-18-14-16(19(28)22-15-6-2-1-3-7-15)23-20(24-18)26-12-10-25(11-13-26)17-8-4-5-9-21-17/h1-9,16H,10-14H2,(H,22,28)(H,23,24,27)/t16-/m0/s1. The minimum absolute atomic E-state index is 0.0517. The Morgan fingerprint density at radius 3 is 2.43 bits per heavy atom. The fourth-order valence-corrected chi connectivity index (χ4v) is 3.32. The second-order valence-corrected chi connectivity index (χ2v) is 6.74. The lowest BCUT2D eigenvalue weighted by atomic mass is 10.1. The minimum atomic E-state index is -0.724. The Hall–Kier alpha value is -3.42. The number of aliphatic imine (C=N–C) groups is 1. The van der Waals surface area contributed by atoms with Gasteiger partial charge in [-0.2, -0.15) is 0 Å². The molecule has 28 heavy (non-hydrogen) atoms. The summed E-state index contributed by atoms with van der Waals surface area (Å²) in [5.41, 5.74) is 0.694. The van der Waals surface area contributed by atoms with Crippen molar-refractivity contribution < 1.29 is 9.59 Å². The largest absolute Gasteiger partial charge is 0.353 e. The lowest BCUT2D eigenvalue weighted by Crippen LogP contribution is -2.56. The topological polar surface area (TPSA) is 89.9 Å². The summed E-state index contributed by atoms with van der Waals surface area (Å²) in [6.45, 7) is 2.94. The molecule has 4 rings (SSSR count). The fraction of sp³-hybridized carbons (Fsp3) is 0.300. The third-order valence-electron chi connectivity index (χ3n) is 4.80. The normalized spacial score (nSPS) is 19.6. The maximum Gasteiger partial charge on any atom is 0.249 e. The third kappa shape index (κ3) is 4.11. The van der Waals surface area contributed by atoms with Gasteiger partial charge in [-0.25, -0.2) is 9.98 Å². The van der Waals surface area contributed by atoms with Gasteiger partial charge in [-0.3, -0.25) is 14.9 Å². The average Bonchev–Trinajstić information content (AvgIpc) is 2.75. The Morgan fingerprint density at radius 1 is 1.00 bits per heavy atom. The molecule has 2 aromatic rings. The van der Waals surface area contributed by atoms with Crippen LogP contribution in [0.3, 0.4) is 0 Å². The number of hydrogen-bond donors (Lipinski definition) is 2. The number of anilines is 2. The number of carbonyl (C=O) groups excluding carboxylic acids is 2. The summed E-state index contributed by atoms with van der Waals surface area (Å²) >= 11 is 0. The van der Waals surface area contributed by atoms with Crippen LogP contribution in [0.2, 0.25) is 0 Å². The number of carbonyl (C=O) groups is 2. The predicted molar refractivity (Wildman–Crippen MR) is 107 cm³/mol. The van der Waals surface area contributed by atoms with Crippen molar-refractivity contribution in [2.45, 2.75) is 12.5 Å². The van der Waals surface area contributed by atoms with Crippen LogP contribution in [0, 0.1) is 0 Å². The van der Waals surface area contributed by atoms with Crippen LogP contribution in [0.1, 0.15) is 6.42 Å². The molecule has 1 aromatic heterocycles. The molecule has 0 radical (unpaired) electrons. The van der Waals surface area contributed by atoms with Gasteiger partial charge >= 0.3 is 0 Å². The highest BCUT2D eigenvalue weighted by atomic mass is 16.2. The maximum absolute atomic E-state index is 12.5. The molecule has 1 atom stereocenters. The van der Waals surface area contributed by atoms with Gasteiger partial charge in [0.2, 0.25) is 17.8 Å². The van der Waals surface area contributed by atoms with Crippen LogP contribution < -0.4 is 15.5 Å². The van der Waals surface area contributed by atoms with E-state index >= 15 is 0 Å². The molecule has 0 spiro atoms. The molecule has 1 aromatic carbocycles. The van der Waals surface area contributed by atoms with Gasteiger partial charge < -0.3 is 15.1 Å². The van der Waals surface area contributed by atoms with E-state index in [2.05, 4.69) is 25.5 Å². The number of para-hydroxylation sites is 1. The number of aromatic nitrogens is 1. The lowest BCUT2D eigenvalue weighted by molar-refractivity contribution is -0.125. The highest BCUT2D eigenvalue weighted by Crippen LogP contribution is 2.15. The second kappa shape index (κ2) is 8.08. The number of guanidine groups is 1. The van der Waals surface area contributed by atoms with E-state index in [1.807, 2.05) is 53.4 Å². The van der Waals surface area contributed by atoms with Crippen molar-refractivity contribution in [3.05, 3.63) is 54.7 Å². The van der Waals surface area contributed by atoms with Crippen LogP contribution in [0.15, 0.2) is 59.7 Å². The highest BCUT2D eigenvalue weighted by molar-refractivity contribution is 6.06. The number of amides is 2. The van der Waals surface area contributed by atoms with Crippen LogP contribution in [0.25, 0.3) is 0 Å². The van der Waals surface area contributed by atoms with E-state index in [0.717, 1.165) is 18.9 Å². The lowest BCUT2D eigenvalue weighted by Gasteiger charge is -2.38. The summed E-state index contributed by atoms with van der Waals surface area (Å²) in [4.78, 5) is 37.8. The first-order valence-electron chi connectivity index (χ1n) is 9.33. The number of nitrogens with one attached hydrogen (secondary N) is 2. The first-order valence-corrected chi connectivity index (χ1v) is 9.33. The van der Waals surface area contributed by atoms with E-state index in [1.165, 1.54) is 0 Å². The molecule has 0 bridgehead atoms. The van der Waals surface area contributed by atoms with E-state index in [-0.39, 0.29) is 18.2 Å². The zero-order valence-electron chi connectivity index (χ0n) is 15.4. The molecule has 2 aliphatic heterocycles. The summed E-state index contributed by atoms with van der Waals surface area (Å²) in [5, 5.41) is 5.64. The summed E-state index contributed by atoms with van der Waals surface area (Å²) < 4.78 is 0. The average molecular weight is 378 g/mol. The smallest absolute Gasteiger partial charge is 0.249 e.